The summed E-state index contributed by atoms with van der Waals surface area (Å²) in [5.74, 6) is -1.35. The van der Waals surface area contributed by atoms with Gasteiger partial charge in [0.15, 0.2) is 0 Å². The molecule has 28 heavy (non-hydrogen) atoms. The van der Waals surface area contributed by atoms with E-state index in [1.54, 1.807) is 0 Å². The number of carboxylic acids is 1. The predicted molar refractivity (Wildman–Crippen MR) is 108 cm³/mol. The number of anilines is 1. The summed E-state index contributed by atoms with van der Waals surface area (Å²) >= 11 is 0. The number of carboxylic acid groups (broad SMARTS) is 1. The summed E-state index contributed by atoms with van der Waals surface area (Å²) in [5, 5.41) is 31.6. The lowest BCUT2D eigenvalue weighted by Crippen LogP contribution is -2.21. The number of benzene rings is 2. The third kappa shape index (κ3) is 4.73. The summed E-state index contributed by atoms with van der Waals surface area (Å²) in [5.41, 5.74) is 2.87. The van der Waals surface area contributed by atoms with E-state index in [4.69, 9.17) is 9.84 Å². The molecule has 0 aromatic heterocycles. The second-order valence-corrected chi connectivity index (χ2v) is 7.70. The van der Waals surface area contributed by atoms with Crippen molar-refractivity contribution in [1.29, 1.82) is 0 Å². The number of hydrogen-bond acceptors (Lipinski definition) is 6. The Morgan fingerprint density at radius 1 is 1.14 bits per heavy atom. The van der Waals surface area contributed by atoms with Gasteiger partial charge >= 0.3 is 5.97 Å². The third-order valence-electron chi connectivity index (χ3n) is 4.32. The van der Waals surface area contributed by atoms with Gasteiger partial charge in [-0.2, -0.15) is 0 Å². The third-order valence-corrected chi connectivity index (χ3v) is 4.32. The van der Waals surface area contributed by atoms with Crippen LogP contribution < -0.4 is 9.64 Å². The fourth-order valence-electron chi connectivity index (χ4n) is 2.81. The second-order valence-electron chi connectivity index (χ2n) is 7.70. The summed E-state index contributed by atoms with van der Waals surface area (Å²) in [4.78, 5) is 13.0. The molecule has 0 saturated heterocycles. The number of nitrogens with zero attached hydrogens (tertiary/aromatic N) is 2. The number of phenols is 1. The molecule has 150 valence electrons. The number of carbonyl (C=O) groups is 1. The molecule has 0 spiro atoms. The fraction of sp³-hybridized carbons (Fsp3) is 0.333. The van der Waals surface area contributed by atoms with Gasteiger partial charge in [0, 0.05) is 31.4 Å². The number of aromatic hydroxyl groups is 1. The molecule has 2 aromatic carbocycles. The minimum Gasteiger partial charge on any atom is -0.507 e. The molecule has 3 N–H and O–H groups in total. The van der Waals surface area contributed by atoms with Gasteiger partial charge in [-0.1, -0.05) is 32.0 Å². The lowest BCUT2D eigenvalue weighted by atomic mass is 9.84. The minimum absolute atomic E-state index is 0.0484. The van der Waals surface area contributed by atoms with Crippen LogP contribution in [0.2, 0.25) is 0 Å². The molecule has 0 aliphatic carbocycles. The molecule has 2 rings (SSSR count). The molecule has 0 atom stereocenters. The highest BCUT2D eigenvalue weighted by molar-refractivity contribution is 6.02. The van der Waals surface area contributed by atoms with Crippen LogP contribution in [0, 0.1) is 0 Å². The molecule has 0 radical (unpaired) electrons. The maximum Gasteiger partial charge on any atom is 0.339 e. The van der Waals surface area contributed by atoms with Gasteiger partial charge in [-0.25, -0.2) is 4.79 Å². The number of hydrogen-bond donors (Lipinski definition) is 3. The maximum atomic E-state index is 11.0. The molecule has 0 bridgehead atoms. The smallest absolute Gasteiger partial charge is 0.339 e. The quantitative estimate of drug-likeness (QED) is 0.397. The fourth-order valence-corrected chi connectivity index (χ4v) is 2.81. The zero-order valence-corrected chi connectivity index (χ0v) is 16.7. The van der Waals surface area contributed by atoms with Gasteiger partial charge in [0.2, 0.25) is 0 Å². The first-order chi connectivity index (χ1) is 13.0. The van der Waals surface area contributed by atoms with Gasteiger partial charge in [-0.05, 0) is 35.2 Å². The zero-order chi connectivity index (χ0) is 21.1. The van der Waals surface area contributed by atoms with E-state index >= 15 is 0 Å². The molecular formula is C21H26N2O5. The SMILES string of the molecule is CN(C)c1ccc(/C(COc2ccc(C(=O)O)c(O)c2)=N/O)cc1C(C)(C)C. The van der Waals surface area contributed by atoms with E-state index in [9.17, 15) is 15.1 Å². The Hall–Kier alpha value is -3.22. The van der Waals surface area contributed by atoms with Gasteiger partial charge < -0.3 is 25.1 Å². The van der Waals surface area contributed by atoms with E-state index in [0.29, 0.717) is 11.3 Å². The van der Waals surface area contributed by atoms with E-state index < -0.39 is 11.7 Å². The molecule has 0 fully saturated rings. The monoisotopic (exact) mass is 386 g/mol. The maximum absolute atomic E-state index is 11.0. The summed E-state index contributed by atoms with van der Waals surface area (Å²) in [7, 11) is 3.95. The van der Waals surface area contributed by atoms with Gasteiger partial charge in [0.1, 0.15) is 29.4 Å². The van der Waals surface area contributed by atoms with Crippen molar-refractivity contribution in [3.05, 3.63) is 53.1 Å². The molecular weight excluding hydrogens is 360 g/mol. The Morgan fingerprint density at radius 3 is 2.32 bits per heavy atom. The largest absolute Gasteiger partial charge is 0.507 e. The van der Waals surface area contributed by atoms with Gasteiger partial charge in [0.25, 0.3) is 0 Å². The number of rotatable bonds is 6. The van der Waals surface area contributed by atoms with E-state index in [1.165, 1.54) is 18.2 Å². The number of aromatic carboxylic acids is 1. The first kappa shape index (κ1) is 21.1. The highest BCUT2D eigenvalue weighted by atomic mass is 16.5. The molecule has 0 aliphatic rings. The summed E-state index contributed by atoms with van der Waals surface area (Å²) in [6.07, 6.45) is 0. The van der Waals surface area contributed by atoms with E-state index in [2.05, 4.69) is 25.9 Å². The molecule has 7 heteroatoms. The Bertz CT molecular complexity index is 898. The standard InChI is InChI=1S/C21H26N2O5/c1-21(2,3)16-10-13(6-9-18(16)23(4)5)17(22-27)12-28-14-7-8-15(20(25)26)19(24)11-14/h6-11,24,27H,12H2,1-5H3,(H,25,26)/b22-17+. The first-order valence-electron chi connectivity index (χ1n) is 8.77. The van der Waals surface area contributed by atoms with E-state index in [-0.39, 0.29) is 23.3 Å². The van der Waals surface area contributed by atoms with Crippen LogP contribution in [0.4, 0.5) is 5.69 Å². The second kappa shape index (κ2) is 8.21. The van der Waals surface area contributed by atoms with Crippen LogP contribution in [0.1, 0.15) is 42.3 Å². The number of oxime groups is 1. The van der Waals surface area contributed by atoms with Crippen LogP contribution in [0.5, 0.6) is 11.5 Å². The zero-order valence-electron chi connectivity index (χ0n) is 16.7. The average Bonchev–Trinajstić information content (AvgIpc) is 2.61. The Kier molecular flexibility index (Phi) is 6.18. The molecule has 0 saturated carbocycles. The average molecular weight is 386 g/mol. The van der Waals surface area contributed by atoms with Gasteiger partial charge in [-0.15, -0.1) is 0 Å². The minimum atomic E-state index is -1.22. The van der Waals surface area contributed by atoms with Crippen molar-refractivity contribution >= 4 is 17.4 Å². The highest BCUT2D eigenvalue weighted by Gasteiger charge is 2.21. The molecule has 2 aromatic rings. The summed E-state index contributed by atoms with van der Waals surface area (Å²) in [6, 6.07) is 9.70. The van der Waals surface area contributed by atoms with Crippen molar-refractivity contribution in [3.8, 4) is 11.5 Å². The lowest BCUT2D eigenvalue weighted by molar-refractivity contribution is 0.0693. The van der Waals surface area contributed by atoms with Crippen LogP contribution in [-0.4, -0.2) is 47.8 Å². The normalized spacial score (nSPS) is 12.0. The molecule has 7 nitrogen and oxygen atoms in total. The van der Waals surface area contributed by atoms with Crippen molar-refractivity contribution in [1.82, 2.24) is 0 Å². The Labute approximate surface area is 164 Å². The number of ether oxygens (including phenoxy) is 1. The van der Waals surface area contributed by atoms with Crippen molar-refractivity contribution < 1.29 is 25.0 Å². The van der Waals surface area contributed by atoms with E-state index in [0.717, 1.165) is 11.3 Å². The molecule has 0 aliphatic heterocycles. The van der Waals surface area contributed by atoms with Crippen LogP contribution in [0.25, 0.3) is 0 Å². The van der Waals surface area contributed by atoms with Crippen molar-refractivity contribution in [2.45, 2.75) is 26.2 Å². The van der Waals surface area contributed by atoms with Crippen LogP contribution in [-0.2, 0) is 5.41 Å². The summed E-state index contributed by atoms with van der Waals surface area (Å²) < 4.78 is 5.58. The van der Waals surface area contributed by atoms with E-state index in [1.807, 2.05) is 37.2 Å². The van der Waals surface area contributed by atoms with Crippen molar-refractivity contribution in [2.75, 3.05) is 25.6 Å². The van der Waals surface area contributed by atoms with Crippen molar-refractivity contribution in [3.63, 3.8) is 0 Å². The van der Waals surface area contributed by atoms with Crippen LogP contribution in [0.3, 0.4) is 0 Å². The molecule has 0 unspecified atom stereocenters. The Balaban J connectivity index is 2.27. The predicted octanol–water partition coefficient (Wildman–Crippen LogP) is 3.71. The van der Waals surface area contributed by atoms with Crippen molar-refractivity contribution in [2.24, 2.45) is 5.16 Å². The lowest BCUT2D eigenvalue weighted by Gasteiger charge is -2.27. The van der Waals surface area contributed by atoms with Gasteiger partial charge in [-0.3, -0.25) is 0 Å². The summed E-state index contributed by atoms with van der Waals surface area (Å²) in [6.45, 7) is 6.28. The van der Waals surface area contributed by atoms with Gasteiger partial charge in [0.05, 0.1) is 0 Å². The molecule has 0 amide bonds. The topological polar surface area (TPSA) is 103 Å². The van der Waals surface area contributed by atoms with Crippen LogP contribution >= 0.6 is 0 Å². The highest BCUT2D eigenvalue weighted by Crippen LogP contribution is 2.32. The first-order valence-corrected chi connectivity index (χ1v) is 8.77. The molecule has 0 heterocycles. The Morgan fingerprint density at radius 2 is 1.82 bits per heavy atom. The van der Waals surface area contributed by atoms with Crippen LogP contribution in [0.15, 0.2) is 41.6 Å².